The molecule has 9 heteroatoms. The third-order valence-electron chi connectivity index (χ3n) is 8.87. The van der Waals surface area contributed by atoms with Gasteiger partial charge < -0.3 is 25.3 Å². The number of likely N-dealkylation sites (tertiary alicyclic amines) is 1. The molecule has 1 unspecified atom stereocenters. The summed E-state index contributed by atoms with van der Waals surface area (Å²) >= 11 is 0. The molecular formula is C30H36N8O. The number of nitrogens with zero attached hydrogens (tertiary/aromatic N) is 6. The van der Waals surface area contributed by atoms with Crippen molar-refractivity contribution < 1.29 is 4.79 Å². The van der Waals surface area contributed by atoms with Crippen molar-refractivity contribution in [3.8, 4) is 0 Å². The second kappa shape index (κ2) is 10.1. The molecule has 3 fully saturated rings. The van der Waals surface area contributed by atoms with E-state index in [4.69, 9.17) is 4.98 Å². The molecule has 3 aromatic rings. The first-order chi connectivity index (χ1) is 19.2. The molecule has 1 saturated carbocycles. The second-order valence-electron chi connectivity index (χ2n) is 11.3. The number of piperazine rings is 1. The Labute approximate surface area is 229 Å². The lowest BCUT2D eigenvalue weighted by Crippen LogP contribution is -2.56. The smallest absolute Gasteiger partial charge is 0.249 e. The van der Waals surface area contributed by atoms with E-state index in [9.17, 15) is 4.79 Å². The van der Waals surface area contributed by atoms with Gasteiger partial charge in [0.25, 0.3) is 0 Å². The lowest BCUT2D eigenvalue weighted by atomic mass is 9.91. The summed E-state index contributed by atoms with van der Waals surface area (Å²) in [5.41, 5.74) is 2.82. The third kappa shape index (κ3) is 4.48. The normalized spacial score (nSPS) is 23.2. The predicted molar refractivity (Wildman–Crippen MR) is 152 cm³/mol. The van der Waals surface area contributed by atoms with E-state index in [2.05, 4.69) is 48.6 Å². The molecule has 39 heavy (non-hydrogen) atoms. The van der Waals surface area contributed by atoms with Gasteiger partial charge in [-0.3, -0.25) is 4.79 Å². The largest absolute Gasteiger partial charge is 0.368 e. The quantitative estimate of drug-likeness (QED) is 0.507. The van der Waals surface area contributed by atoms with Crippen LogP contribution in [-0.4, -0.2) is 70.1 Å². The third-order valence-corrected chi connectivity index (χ3v) is 8.87. The Hall–Kier alpha value is -3.72. The fraction of sp³-hybridized carbons (Fsp3) is 0.467. The molecule has 9 nitrogen and oxygen atoms in total. The number of aromatic nitrogens is 3. The molecule has 0 bridgehead atoms. The van der Waals surface area contributed by atoms with E-state index in [0.29, 0.717) is 25.0 Å². The van der Waals surface area contributed by atoms with E-state index in [-0.39, 0.29) is 5.91 Å². The molecule has 2 N–H and O–H groups in total. The van der Waals surface area contributed by atoms with Gasteiger partial charge in [0.15, 0.2) is 0 Å². The van der Waals surface area contributed by atoms with E-state index in [1.165, 1.54) is 18.4 Å². The summed E-state index contributed by atoms with van der Waals surface area (Å²) in [6, 6.07) is 14.7. The molecule has 1 aliphatic carbocycles. The highest BCUT2D eigenvalue weighted by molar-refractivity contribution is 5.94. The number of hydrogen-bond donors (Lipinski definition) is 2. The van der Waals surface area contributed by atoms with E-state index in [0.717, 1.165) is 74.9 Å². The van der Waals surface area contributed by atoms with Crippen molar-refractivity contribution in [1.29, 1.82) is 0 Å². The van der Waals surface area contributed by atoms with E-state index in [1.807, 2.05) is 41.6 Å². The number of pyridine rings is 1. The second-order valence-corrected chi connectivity index (χ2v) is 11.3. The van der Waals surface area contributed by atoms with E-state index in [1.54, 1.807) is 0 Å². The standard InChI is InChI=1S/C30H36N8O/c39-28-30(12-15-37(28)21-22-6-2-1-3-7-22)18-23-19-33-29(35-27(23)38(30)24-8-4-5-9-24)34-26-11-10-25(20-32-26)36-16-13-31-14-17-36/h1-3,6-7,10-11,19-20,24,31H,4-5,8-9,12-18,21H2,(H,32,33,34,35). The summed E-state index contributed by atoms with van der Waals surface area (Å²) in [4.78, 5) is 35.2. The van der Waals surface area contributed by atoms with E-state index < -0.39 is 5.54 Å². The summed E-state index contributed by atoms with van der Waals surface area (Å²) in [6.07, 6.45) is 9.96. The Kier molecular flexibility index (Phi) is 6.31. The highest BCUT2D eigenvalue weighted by Crippen LogP contribution is 2.47. The molecule has 4 aliphatic rings. The van der Waals surface area contributed by atoms with Crippen LogP contribution in [0.2, 0.25) is 0 Å². The molecule has 0 radical (unpaired) electrons. The molecule has 5 heterocycles. The van der Waals surface area contributed by atoms with Gasteiger partial charge >= 0.3 is 0 Å². The van der Waals surface area contributed by atoms with Crippen LogP contribution in [0.1, 0.15) is 43.2 Å². The zero-order valence-electron chi connectivity index (χ0n) is 22.4. The SMILES string of the molecule is O=C1N(Cc2ccccc2)CCC12Cc1cnc(Nc3ccc(N4CCNCC4)cn3)nc1N2C1CCCC1. The first-order valence-electron chi connectivity index (χ1n) is 14.4. The number of nitrogens with one attached hydrogen (secondary N) is 2. The van der Waals surface area contributed by atoms with Crippen molar-refractivity contribution in [1.82, 2.24) is 25.2 Å². The lowest BCUT2D eigenvalue weighted by Gasteiger charge is -2.39. The highest BCUT2D eigenvalue weighted by Gasteiger charge is 2.57. The number of benzene rings is 1. The molecule has 1 aromatic carbocycles. The van der Waals surface area contributed by atoms with Gasteiger partial charge in [-0.05, 0) is 37.0 Å². The number of rotatable bonds is 6. The molecule has 3 aliphatic heterocycles. The summed E-state index contributed by atoms with van der Waals surface area (Å²) in [7, 11) is 0. The Bertz CT molecular complexity index is 1320. The van der Waals surface area contributed by atoms with Gasteiger partial charge in [0.2, 0.25) is 11.9 Å². The van der Waals surface area contributed by atoms with Gasteiger partial charge in [-0.2, -0.15) is 4.98 Å². The Morgan fingerprint density at radius 1 is 0.974 bits per heavy atom. The number of anilines is 4. The molecule has 202 valence electrons. The number of amides is 1. The van der Waals surface area contributed by atoms with Crippen molar-refractivity contribution >= 4 is 29.2 Å². The van der Waals surface area contributed by atoms with Crippen molar-refractivity contribution in [3.63, 3.8) is 0 Å². The fourth-order valence-electron chi connectivity index (χ4n) is 6.93. The average Bonchev–Trinajstić information content (AvgIpc) is 3.69. The van der Waals surface area contributed by atoms with Crippen LogP contribution >= 0.6 is 0 Å². The van der Waals surface area contributed by atoms with Crippen LogP contribution in [0, 0.1) is 0 Å². The summed E-state index contributed by atoms with van der Waals surface area (Å²) < 4.78 is 0. The van der Waals surface area contributed by atoms with Crippen molar-refractivity contribution in [2.24, 2.45) is 0 Å². The van der Waals surface area contributed by atoms with Crippen molar-refractivity contribution in [2.75, 3.05) is 47.8 Å². The predicted octanol–water partition coefficient (Wildman–Crippen LogP) is 3.50. The molecule has 2 aromatic heterocycles. The van der Waals surface area contributed by atoms with E-state index >= 15 is 0 Å². The van der Waals surface area contributed by atoms with Crippen LogP contribution in [0.15, 0.2) is 54.9 Å². The average molecular weight is 525 g/mol. The van der Waals surface area contributed by atoms with Crippen LogP contribution < -0.4 is 20.4 Å². The molecule has 7 rings (SSSR count). The minimum atomic E-state index is -0.553. The van der Waals surface area contributed by atoms with Gasteiger partial charge in [-0.1, -0.05) is 43.2 Å². The van der Waals surface area contributed by atoms with Crippen LogP contribution in [0.5, 0.6) is 0 Å². The van der Waals surface area contributed by atoms with Crippen LogP contribution in [0.3, 0.4) is 0 Å². The summed E-state index contributed by atoms with van der Waals surface area (Å²) in [6.45, 7) is 5.39. The van der Waals surface area contributed by atoms with Crippen LogP contribution in [0.25, 0.3) is 0 Å². The lowest BCUT2D eigenvalue weighted by molar-refractivity contribution is -0.132. The number of hydrogen-bond acceptors (Lipinski definition) is 8. The molecule has 1 atom stereocenters. The summed E-state index contributed by atoms with van der Waals surface area (Å²) in [5.74, 6) is 2.41. The highest BCUT2D eigenvalue weighted by atomic mass is 16.2. The number of fused-ring (bicyclic) bond motifs is 1. The first kappa shape index (κ1) is 24.3. The van der Waals surface area contributed by atoms with Crippen molar-refractivity contribution in [3.05, 3.63) is 66.0 Å². The fourth-order valence-corrected chi connectivity index (χ4v) is 6.93. The maximum Gasteiger partial charge on any atom is 0.249 e. The van der Waals surface area contributed by atoms with Crippen LogP contribution in [-0.2, 0) is 17.8 Å². The maximum absolute atomic E-state index is 14.1. The number of carbonyl (C=O) groups excluding carboxylic acids is 1. The summed E-state index contributed by atoms with van der Waals surface area (Å²) in [5, 5.41) is 6.71. The molecule has 1 amide bonds. The monoisotopic (exact) mass is 524 g/mol. The zero-order valence-corrected chi connectivity index (χ0v) is 22.4. The Morgan fingerprint density at radius 2 is 1.79 bits per heavy atom. The van der Waals surface area contributed by atoms with Gasteiger partial charge in [-0.15, -0.1) is 0 Å². The Balaban J connectivity index is 1.14. The zero-order chi connectivity index (χ0) is 26.2. The van der Waals surface area contributed by atoms with Gasteiger partial charge in [-0.25, -0.2) is 9.97 Å². The minimum absolute atomic E-state index is 0.232. The molecule has 1 spiro atoms. The maximum atomic E-state index is 14.1. The van der Waals surface area contributed by atoms with Gasteiger partial charge in [0.05, 0.1) is 11.9 Å². The first-order valence-corrected chi connectivity index (χ1v) is 14.4. The minimum Gasteiger partial charge on any atom is -0.368 e. The Morgan fingerprint density at radius 3 is 2.56 bits per heavy atom. The van der Waals surface area contributed by atoms with Gasteiger partial charge in [0, 0.05) is 63.5 Å². The topological polar surface area (TPSA) is 89.5 Å². The number of carbonyl (C=O) groups is 1. The van der Waals surface area contributed by atoms with Crippen molar-refractivity contribution in [2.45, 2.75) is 56.7 Å². The molecule has 2 saturated heterocycles. The van der Waals surface area contributed by atoms with Gasteiger partial charge in [0.1, 0.15) is 17.2 Å². The van der Waals surface area contributed by atoms with Crippen LogP contribution in [0.4, 0.5) is 23.3 Å². The molecular weight excluding hydrogens is 488 g/mol.